The van der Waals surface area contributed by atoms with Crippen LogP contribution < -0.4 is 10.0 Å². The molecule has 0 aliphatic heterocycles. The van der Waals surface area contributed by atoms with Gasteiger partial charge in [0.05, 0.1) is 28.9 Å². The van der Waals surface area contributed by atoms with Gasteiger partial charge in [-0.2, -0.15) is 0 Å². The molecule has 38 heavy (non-hydrogen) atoms. The molecule has 0 aliphatic rings. The number of aromatic hydroxyl groups is 1. The van der Waals surface area contributed by atoms with Crippen molar-refractivity contribution in [2.75, 3.05) is 31.2 Å². The van der Waals surface area contributed by atoms with Gasteiger partial charge in [-0.15, -0.1) is 0 Å². The van der Waals surface area contributed by atoms with E-state index in [2.05, 4.69) is 0 Å². The summed E-state index contributed by atoms with van der Waals surface area (Å²) in [6.07, 6.45) is 1.01. The quantitative estimate of drug-likeness (QED) is 0.329. The van der Waals surface area contributed by atoms with Crippen LogP contribution >= 0.6 is 0 Å². The molecular weight excluding hydrogens is 511 g/mol. The van der Waals surface area contributed by atoms with Gasteiger partial charge in [0, 0.05) is 37.2 Å². The second-order valence-corrected chi connectivity index (χ2v) is 10.7. The predicted molar refractivity (Wildman–Crippen MR) is 145 cm³/mol. The second kappa shape index (κ2) is 10.6. The van der Waals surface area contributed by atoms with Crippen molar-refractivity contribution in [2.24, 2.45) is 10.7 Å². The van der Waals surface area contributed by atoms with Crippen LogP contribution in [0.2, 0.25) is 0 Å². The average Bonchev–Trinajstić information content (AvgIpc) is 3.20. The van der Waals surface area contributed by atoms with Crippen molar-refractivity contribution in [1.82, 2.24) is 4.90 Å². The van der Waals surface area contributed by atoms with E-state index in [1.165, 1.54) is 37.2 Å². The van der Waals surface area contributed by atoms with Crippen molar-refractivity contribution in [2.45, 2.75) is 6.54 Å². The van der Waals surface area contributed by atoms with E-state index in [4.69, 9.17) is 15.1 Å². The van der Waals surface area contributed by atoms with Crippen molar-refractivity contribution >= 4 is 44.0 Å². The molecule has 1 amide bonds. The lowest BCUT2D eigenvalue weighted by atomic mass is 9.99. The zero-order valence-corrected chi connectivity index (χ0v) is 21.9. The van der Waals surface area contributed by atoms with Gasteiger partial charge >= 0.3 is 0 Å². The molecule has 0 unspecified atom stereocenters. The number of anilines is 1. The summed E-state index contributed by atoms with van der Waals surface area (Å²) in [5.41, 5.74) is 7.64. The number of furan rings is 1. The third kappa shape index (κ3) is 5.53. The van der Waals surface area contributed by atoms with Gasteiger partial charge in [-0.3, -0.25) is 9.10 Å². The maximum atomic E-state index is 14.8. The highest BCUT2D eigenvalue weighted by molar-refractivity contribution is 7.92. The first-order chi connectivity index (χ1) is 18.0. The lowest BCUT2D eigenvalue weighted by molar-refractivity contribution is -0.127. The molecule has 0 spiro atoms. The minimum absolute atomic E-state index is 0.00746. The van der Waals surface area contributed by atoms with E-state index in [-0.39, 0.29) is 23.5 Å². The molecular formula is C27H27FN4O5S. The Kier molecular flexibility index (Phi) is 7.51. The molecule has 0 aliphatic carbocycles. The first kappa shape index (κ1) is 26.8. The maximum absolute atomic E-state index is 14.8. The molecule has 4 rings (SSSR count). The summed E-state index contributed by atoms with van der Waals surface area (Å²) in [6.45, 7) is -0.391. The number of hydrogen-bond acceptors (Lipinski definition) is 7. The number of carbonyl (C=O) groups excluding carboxylic acids is 1. The highest BCUT2D eigenvalue weighted by Crippen LogP contribution is 2.35. The largest absolute Gasteiger partial charge is 0.480 e. The van der Waals surface area contributed by atoms with E-state index in [0.29, 0.717) is 27.8 Å². The third-order valence-electron chi connectivity index (χ3n) is 5.90. The Labute approximate surface area is 219 Å². The topological polar surface area (TPSA) is 129 Å². The lowest BCUT2D eigenvalue weighted by Gasteiger charge is -2.23. The molecule has 0 radical (unpaired) electrons. The van der Waals surface area contributed by atoms with Gasteiger partial charge in [0.2, 0.25) is 15.9 Å². The summed E-state index contributed by atoms with van der Waals surface area (Å²) < 4.78 is 46.3. The van der Waals surface area contributed by atoms with Crippen LogP contribution in [-0.4, -0.2) is 56.9 Å². The van der Waals surface area contributed by atoms with Crippen LogP contribution in [0.5, 0.6) is 5.95 Å². The predicted octanol–water partition coefficient (Wildman–Crippen LogP) is 3.76. The van der Waals surface area contributed by atoms with Gasteiger partial charge in [0.15, 0.2) is 0 Å². The lowest BCUT2D eigenvalue weighted by Crippen LogP contribution is -2.39. The minimum Gasteiger partial charge on any atom is -0.480 e. The number of halogens is 1. The van der Waals surface area contributed by atoms with Crippen molar-refractivity contribution in [1.29, 1.82) is 0 Å². The number of carbonyl (C=O) groups is 1. The number of sulfonamides is 1. The van der Waals surface area contributed by atoms with Crippen LogP contribution in [0.3, 0.4) is 0 Å². The van der Waals surface area contributed by atoms with Crippen LogP contribution in [0, 0.1) is 5.82 Å². The summed E-state index contributed by atoms with van der Waals surface area (Å²) in [5.74, 6) is -1.35. The number of nitrogens with zero attached hydrogens (tertiary/aromatic N) is 3. The Balaban J connectivity index is 1.91. The van der Waals surface area contributed by atoms with Gasteiger partial charge in [-0.1, -0.05) is 36.4 Å². The Bertz CT molecular complexity index is 1650. The van der Waals surface area contributed by atoms with Crippen molar-refractivity contribution < 1.29 is 27.1 Å². The minimum atomic E-state index is -3.82. The molecule has 4 aromatic rings. The number of hydrogen-bond donors (Lipinski definition) is 2. The number of amides is 1. The van der Waals surface area contributed by atoms with Crippen LogP contribution in [0.4, 0.5) is 15.8 Å². The number of rotatable bonds is 8. The van der Waals surface area contributed by atoms with Crippen LogP contribution in [-0.2, 0) is 21.4 Å². The number of para-hydroxylation sites is 1. The van der Waals surface area contributed by atoms with E-state index in [1.54, 1.807) is 48.5 Å². The summed E-state index contributed by atoms with van der Waals surface area (Å²) in [4.78, 5) is 18.3. The summed E-state index contributed by atoms with van der Waals surface area (Å²) in [7, 11) is -0.746. The van der Waals surface area contributed by atoms with E-state index in [9.17, 15) is 22.7 Å². The first-order valence-corrected chi connectivity index (χ1v) is 13.4. The Morgan fingerprint density at radius 2 is 1.82 bits per heavy atom. The molecule has 1 heterocycles. The zero-order chi connectivity index (χ0) is 27.6. The molecule has 11 heteroatoms. The number of benzene rings is 3. The van der Waals surface area contributed by atoms with Crippen molar-refractivity contribution in [3.8, 4) is 5.95 Å². The molecule has 3 N–H and O–H groups in total. The fraction of sp³-hybridized carbons (Fsp3) is 0.185. The molecule has 0 atom stereocenters. The molecule has 0 saturated heterocycles. The summed E-state index contributed by atoms with van der Waals surface area (Å²) in [5, 5.41) is 11.3. The number of nitrogens with two attached hydrogens (primary N) is 1. The highest BCUT2D eigenvalue weighted by atomic mass is 32.2. The van der Waals surface area contributed by atoms with E-state index in [1.807, 2.05) is 0 Å². The van der Waals surface area contributed by atoms with Gasteiger partial charge in [-0.25, -0.2) is 17.8 Å². The van der Waals surface area contributed by atoms with Gasteiger partial charge < -0.3 is 20.2 Å². The average molecular weight is 539 g/mol. The summed E-state index contributed by atoms with van der Waals surface area (Å²) >= 11 is 0. The SMILES string of the molecule is CN(C)C(=O)CN(c1cccc(N=C(c2ccc(CN)c(F)c2)c2c(O)oc3ccccc23)c1)S(C)(=O)=O. The molecule has 0 saturated carbocycles. The van der Waals surface area contributed by atoms with E-state index in [0.717, 1.165) is 10.6 Å². The summed E-state index contributed by atoms with van der Waals surface area (Å²) in [6, 6.07) is 17.6. The normalized spacial score (nSPS) is 12.1. The molecule has 0 fully saturated rings. The first-order valence-electron chi connectivity index (χ1n) is 11.6. The van der Waals surface area contributed by atoms with Crippen LogP contribution in [0.15, 0.2) is 76.1 Å². The molecule has 198 valence electrons. The van der Waals surface area contributed by atoms with Crippen molar-refractivity contribution in [3.63, 3.8) is 0 Å². The van der Waals surface area contributed by atoms with Crippen molar-refractivity contribution in [3.05, 3.63) is 89.2 Å². The number of aliphatic imine (C=N–C) groups is 1. The fourth-order valence-corrected chi connectivity index (χ4v) is 4.74. The van der Waals surface area contributed by atoms with Gasteiger partial charge in [0.25, 0.3) is 5.95 Å². The van der Waals surface area contributed by atoms with Crippen LogP contribution in [0.1, 0.15) is 16.7 Å². The molecule has 0 bridgehead atoms. The zero-order valence-electron chi connectivity index (χ0n) is 21.1. The standard InChI is InChI=1S/C27H27FN4O5S/c1-31(2)24(33)16-32(38(3,35)36)20-8-6-7-19(14-20)30-26(17-11-12-18(15-29)22(28)13-17)25-21-9-4-5-10-23(21)37-27(25)34/h4-14,34H,15-16,29H2,1-3H3. The van der Waals surface area contributed by atoms with E-state index < -0.39 is 34.2 Å². The highest BCUT2D eigenvalue weighted by Gasteiger charge is 2.24. The second-order valence-electron chi connectivity index (χ2n) is 8.83. The Morgan fingerprint density at radius 3 is 2.47 bits per heavy atom. The van der Waals surface area contributed by atoms with E-state index >= 15 is 0 Å². The number of fused-ring (bicyclic) bond motifs is 1. The molecule has 9 nitrogen and oxygen atoms in total. The monoisotopic (exact) mass is 538 g/mol. The number of likely N-dealkylation sites (N-methyl/N-ethyl adjacent to an activating group) is 1. The molecule has 1 aromatic heterocycles. The third-order valence-corrected chi connectivity index (χ3v) is 7.04. The Hall–Kier alpha value is -4.22. The maximum Gasteiger partial charge on any atom is 0.292 e. The van der Waals surface area contributed by atoms with Crippen LogP contribution in [0.25, 0.3) is 11.0 Å². The van der Waals surface area contributed by atoms with Gasteiger partial charge in [-0.05, 0) is 30.3 Å². The smallest absolute Gasteiger partial charge is 0.292 e. The Morgan fingerprint density at radius 1 is 1.08 bits per heavy atom. The molecule has 3 aromatic carbocycles. The van der Waals surface area contributed by atoms with Gasteiger partial charge in [0.1, 0.15) is 17.9 Å². The fourth-order valence-electron chi connectivity index (χ4n) is 3.90.